The topological polar surface area (TPSA) is 113 Å². The molecule has 0 aliphatic heterocycles. The fourth-order valence-electron chi connectivity index (χ4n) is 5.65. The number of fused-ring (bicyclic) bond motifs is 1. The summed E-state index contributed by atoms with van der Waals surface area (Å²) in [6.45, 7) is 8.72. The minimum absolute atomic E-state index is 0.00744. The molecule has 0 saturated heterocycles. The average Bonchev–Trinajstić information content (AvgIpc) is 3.58. The molecule has 256 valence electrons. The number of ether oxygens (including phenoxy) is 1. The predicted octanol–water partition coefficient (Wildman–Crippen LogP) is 9.39. The van der Waals surface area contributed by atoms with Gasteiger partial charge in [0.1, 0.15) is 10.8 Å². The van der Waals surface area contributed by atoms with Crippen LogP contribution in [0.2, 0.25) is 5.02 Å². The molecule has 3 rings (SSSR count). The Morgan fingerprint density at radius 1 is 0.848 bits per heavy atom. The van der Waals surface area contributed by atoms with Crippen LogP contribution in [0.3, 0.4) is 0 Å². The Hall–Kier alpha value is -3.07. The number of carbonyl (C=O) groups excluding carboxylic acids is 2. The van der Waals surface area contributed by atoms with E-state index in [0.29, 0.717) is 46.5 Å². The van der Waals surface area contributed by atoms with Crippen LogP contribution >= 0.6 is 11.6 Å². The summed E-state index contributed by atoms with van der Waals surface area (Å²) in [5.74, 6) is 0.920. The zero-order valence-electron chi connectivity index (χ0n) is 28.9. The van der Waals surface area contributed by atoms with E-state index in [1.54, 1.807) is 19.2 Å². The number of amides is 2. The van der Waals surface area contributed by atoms with E-state index in [1.165, 1.54) is 88.1 Å². The molecule has 2 heterocycles. The number of nitrogens with one attached hydrogen (secondary N) is 3. The Morgan fingerprint density at radius 2 is 1.43 bits per heavy atom. The van der Waals surface area contributed by atoms with Gasteiger partial charge in [-0.1, -0.05) is 129 Å². The zero-order chi connectivity index (χ0) is 33.4. The van der Waals surface area contributed by atoms with Crippen LogP contribution in [-0.2, 0) is 15.0 Å². The number of hydrogen-bond donors (Lipinski definition) is 3. The smallest absolute Gasteiger partial charge is 0.226 e. The Balaban J connectivity index is 1.27. The van der Waals surface area contributed by atoms with Crippen LogP contribution in [0, 0.1) is 0 Å². The predicted molar refractivity (Wildman–Crippen MR) is 189 cm³/mol. The van der Waals surface area contributed by atoms with Gasteiger partial charge >= 0.3 is 0 Å². The molecule has 0 aliphatic carbocycles. The second-order valence-electron chi connectivity index (χ2n) is 13.5. The molecule has 0 saturated carbocycles. The van der Waals surface area contributed by atoms with Crippen LogP contribution in [0.1, 0.15) is 143 Å². The maximum Gasteiger partial charge on any atom is 0.226 e. The van der Waals surface area contributed by atoms with Crippen LogP contribution < -0.4 is 15.4 Å². The molecule has 10 heteroatoms. The van der Waals surface area contributed by atoms with Crippen LogP contribution in [-0.4, -0.2) is 45.3 Å². The quantitative estimate of drug-likeness (QED) is 0.0933. The highest BCUT2D eigenvalue weighted by atomic mass is 35.5. The van der Waals surface area contributed by atoms with Crippen molar-refractivity contribution < 1.29 is 14.3 Å². The molecule has 2 aromatic heterocycles. The van der Waals surface area contributed by atoms with Gasteiger partial charge in [-0.15, -0.1) is 9.73 Å². The summed E-state index contributed by atoms with van der Waals surface area (Å²) in [4.78, 5) is 28.0. The molecule has 0 spiro atoms. The van der Waals surface area contributed by atoms with Gasteiger partial charge in [0.05, 0.1) is 18.4 Å². The van der Waals surface area contributed by atoms with E-state index in [1.807, 2.05) is 26.8 Å². The molecule has 1 aromatic carbocycles. The molecule has 0 atom stereocenters. The highest BCUT2D eigenvalue weighted by Crippen LogP contribution is 2.34. The molecule has 0 aliphatic rings. The molecular formula is C36H57ClN6O3. The molecular weight excluding hydrogens is 600 g/mol. The maximum absolute atomic E-state index is 12.5. The van der Waals surface area contributed by atoms with Crippen molar-refractivity contribution in [2.45, 2.75) is 142 Å². The Kier molecular flexibility index (Phi) is 15.9. The van der Waals surface area contributed by atoms with Crippen molar-refractivity contribution in [1.29, 1.82) is 0 Å². The fraction of sp³-hybridized carbons (Fsp3) is 0.667. The molecule has 0 radical (unpaired) electrons. The minimum atomic E-state index is -0.211. The first-order chi connectivity index (χ1) is 22.1. The number of anilines is 1. The van der Waals surface area contributed by atoms with Crippen LogP contribution in [0.15, 0.2) is 18.2 Å². The number of aromatic nitrogens is 4. The Bertz CT molecular complexity index is 1360. The number of carbonyl (C=O) groups is 2. The van der Waals surface area contributed by atoms with Gasteiger partial charge in [-0.05, 0) is 18.6 Å². The van der Waals surface area contributed by atoms with Gasteiger partial charge < -0.3 is 20.4 Å². The third kappa shape index (κ3) is 12.3. The monoisotopic (exact) mass is 656 g/mol. The molecule has 0 fully saturated rings. The Labute approximate surface area is 281 Å². The first-order valence-electron chi connectivity index (χ1n) is 17.5. The summed E-state index contributed by atoms with van der Waals surface area (Å²) in [6, 6.07) is 5.36. The van der Waals surface area contributed by atoms with Gasteiger partial charge in [0.25, 0.3) is 0 Å². The number of aromatic amines is 1. The molecule has 2 amide bonds. The lowest BCUT2D eigenvalue weighted by molar-refractivity contribution is -0.121. The largest absolute Gasteiger partial charge is 0.496 e. The van der Waals surface area contributed by atoms with E-state index < -0.39 is 0 Å². The highest BCUT2D eigenvalue weighted by molar-refractivity contribution is 6.34. The summed E-state index contributed by atoms with van der Waals surface area (Å²) in [5.41, 5.74) is 2.48. The first-order valence-corrected chi connectivity index (χ1v) is 17.9. The van der Waals surface area contributed by atoms with Crippen molar-refractivity contribution in [3.05, 3.63) is 28.9 Å². The van der Waals surface area contributed by atoms with Crippen molar-refractivity contribution in [3.63, 3.8) is 0 Å². The molecule has 0 bridgehead atoms. The number of hydrogen-bond acceptors (Lipinski definition) is 5. The number of H-pyrrole nitrogens is 1. The fourth-order valence-corrected chi connectivity index (χ4v) is 6.09. The lowest BCUT2D eigenvalue weighted by atomic mass is 9.92. The van der Waals surface area contributed by atoms with Crippen molar-refractivity contribution in [1.82, 2.24) is 25.1 Å². The molecule has 9 nitrogen and oxygen atoms in total. The third-order valence-electron chi connectivity index (χ3n) is 8.37. The minimum Gasteiger partial charge on any atom is -0.496 e. The molecule has 3 aromatic rings. The number of halogens is 1. The summed E-state index contributed by atoms with van der Waals surface area (Å²) in [6.07, 6.45) is 20.2. The van der Waals surface area contributed by atoms with Gasteiger partial charge in [-0.2, -0.15) is 5.10 Å². The van der Waals surface area contributed by atoms with Gasteiger partial charge in [0.2, 0.25) is 11.8 Å². The third-order valence-corrected chi connectivity index (χ3v) is 8.73. The summed E-state index contributed by atoms with van der Waals surface area (Å²) in [5, 5.41) is 15.4. The van der Waals surface area contributed by atoms with Crippen molar-refractivity contribution in [2.75, 3.05) is 19.0 Å². The number of benzene rings is 1. The van der Waals surface area contributed by atoms with E-state index in [0.717, 1.165) is 18.5 Å². The lowest BCUT2D eigenvalue weighted by Gasteiger charge is -2.14. The Morgan fingerprint density at radius 3 is 1.98 bits per heavy atom. The summed E-state index contributed by atoms with van der Waals surface area (Å²) >= 11 is 6.58. The standard InChI is InChI=1S/C36H57ClN6O3/c1-6-7-8-9-10-11-12-13-14-15-16-17-18-19-20-21-30(44)38-25-24-31(45)39-27-22-23-28(29(26-27)46-5)34-40-35-32(37)33(36(2,3)4)41-43(35)42-34/h22-23,26H,6-21,24-25H2,1-5H3,(H,38,44)(H,39,45)(H,40,42). The molecule has 3 N–H and O–H groups in total. The number of nitrogens with zero attached hydrogens (tertiary/aromatic N) is 3. The number of methoxy groups -OCH3 is 1. The zero-order valence-corrected chi connectivity index (χ0v) is 29.7. The van der Waals surface area contributed by atoms with E-state index >= 15 is 0 Å². The second kappa shape index (κ2) is 19.6. The molecule has 0 unspecified atom stereocenters. The van der Waals surface area contributed by atoms with Crippen LogP contribution in [0.5, 0.6) is 5.75 Å². The van der Waals surface area contributed by atoms with E-state index in [-0.39, 0.29) is 23.7 Å². The van der Waals surface area contributed by atoms with Crippen molar-refractivity contribution in [3.8, 4) is 17.1 Å². The average molecular weight is 657 g/mol. The van der Waals surface area contributed by atoms with Crippen molar-refractivity contribution >= 4 is 34.7 Å². The van der Waals surface area contributed by atoms with E-state index in [9.17, 15) is 9.59 Å². The van der Waals surface area contributed by atoms with E-state index in [4.69, 9.17) is 16.3 Å². The molecule has 46 heavy (non-hydrogen) atoms. The van der Waals surface area contributed by atoms with Crippen molar-refractivity contribution in [2.24, 2.45) is 0 Å². The van der Waals surface area contributed by atoms with Gasteiger partial charge in [-0.3, -0.25) is 9.59 Å². The number of unbranched alkanes of at least 4 members (excludes halogenated alkanes) is 14. The summed E-state index contributed by atoms with van der Waals surface area (Å²) in [7, 11) is 1.57. The lowest BCUT2D eigenvalue weighted by Crippen LogP contribution is -2.27. The first kappa shape index (κ1) is 37.4. The maximum atomic E-state index is 12.5. The highest BCUT2D eigenvalue weighted by Gasteiger charge is 2.25. The van der Waals surface area contributed by atoms with E-state index in [2.05, 4.69) is 32.7 Å². The van der Waals surface area contributed by atoms with Crippen LogP contribution in [0.4, 0.5) is 5.69 Å². The van der Waals surface area contributed by atoms with Crippen LogP contribution in [0.25, 0.3) is 17.0 Å². The second-order valence-corrected chi connectivity index (χ2v) is 13.9. The van der Waals surface area contributed by atoms with Gasteiger partial charge in [0, 0.05) is 36.6 Å². The van der Waals surface area contributed by atoms with Gasteiger partial charge in [0.15, 0.2) is 11.5 Å². The summed E-state index contributed by atoms with van der Waals surface area (Å²) < 4.78 is 7.09. The number of rotatable bonds is 22. The van der Waals surface area contributed by atoms with Gasteiger partial charge in [-0.25, -0.2) is 0 Å². The normalized spacial score (nSPS) is 11.7. The SMILES string of the molecule is CCCCCCCCCCCCCCCCCC(=O)NCCC(=O)Nc1ccc(-c2nn3nc(C(C)(C)C)c(Cl)c3[nH]2)c(OC)c1.